The van der Waals surface area contributed by atoms with Crippen LogP contribution >= 0.6 is 11.8 Å². The minimum Gasteiger partial charge on any atom is -0.370 e. The molecule has 31 heavy (non-hydrogen) atoms. The Labute approximate surface area is 184 Å². The second kappa shape index (κ2) is 7.11. The molecule has 6 heteroatoms. The lowest BCUT2D eigenvalue weighted by Crippen LogP contribution is -2.48. The van der Waals surface area contributed by atoms with Crippen molar-refractivity contribution in [2.75, 3.05) is 4.90 Å². The quantitative estimate of drug-likeness (QED) is 0.510. The number of rotatable bonds is 3. The van der Waals surface area contributed by atoms with Gasteiger partial charge in [0.15, 0.2) is 11.1 Å². The first kappa shape index (κ1) is 18.4. The summed E-state index contributed by atoms with van der Waals surface area (Å²) in [6.07, 6.45) is 1.02. The maximum Gasteiger partial charge on any atom is 0.177 e. The van der Waals surface area contributed by atoms with Crippen LogP contribution in [0.3, 0.4) is 0 Å². The van der Waals surface area contributed by atoms with E-state index in [-0.39, 0.29) is 0 Å². The lowest BCUT2D eigenvalue weighted by Gasteiger charge is -2.31. The molecule has 4 aromatic rings. The summed E-state index contributed by atoms with van der Waals surface area (Å²) in [7, 11) is 0. The summed E-state index contributed by atoms with van der Waals surface area (Å²) in [6.45, 7) is 0.553. The molecule has 0 aliphatic carbocycles. The van der Waals surface area contributed by atoms with Gasteiger partial charge in [-0.15, -0.1) is 0 Å². The van der Waals surface area contributed by atoms with Crippen molar-refractivity contribution < 1.29 is 5.11 Å². The van der Waals surface area contributed by atoms with Crippen LogP contribution in [0.1, 0.15) is 16.7 Å². The van der Waals surface area contributed by atoms with Gasteiger partial charge in [0.05, 0.1) is 5.52 Å². The molecule has 1 spiro atoms. The van der Waals surface area contributed by atoms with Gasteiger partial charge in [-0.3, -0.25) is 10.4 Å². The molecule has 3 aromatic carbocycles. The molecule has 2 aliphatic heterocycles. The van der Waals surface area contributed by atoms with Crippen molar-refractivity contribution in [2.24, 2.45) is 5.10 Å². The number of anilines is 1. The van der Waals surface area contributed by atoms with E-state index in [9.17, 15) is 5.11 Å². The minimum atomic E-state index is -0.793. The van der Waals surface area contributed by atoms with Gasteiger partial charge >= 0.3 is 0 Å². The monoisotopic (exact) mass is 424 g/mol. The summed E-state index contributed by atoms with van der Waals surface area (Å²) in [5.74, 6) is 0. The normalized spacial score (nSPS) is 21.9. The molecule has 1 aromatic heterocycles. The standard InChI is InChI=1S/C25H20N4OS/c30-24-25(28-27-23(31-25)18-8-2-1-3-9-18)20-13-4-5-14-21(20)29(24)16-19-11-6-10-17-12-7-15-26-22(17)19/h1-15,24,28,30H,16H2. The molecule has 2 N–H and O–H groups in total. The van der Waals surface area contributed by atoms with E-state index < -0.39 is 11.1 Å². The van der Waals surface area contributed by atoms with E-state index >= 15 is 0 Å². The van der Waals surface area contributed by atoms with Crippen molar-refractivity contribution >= 4 is 33.4 Å². The van der Waals surface area contributed by atoms with Crippen molar-refractivity contribution in [3.8, 4) is 0 Å². The highest BCUT2D eigenvalue weighted by Crippen LogP contribution is 2.53. The summed E-state index contributed by atoms with van der Waals surface area (Å²) in [5, 5.41) is 18.2. The topological polar surface area (TPSA) is 60.8 Å². The van der Waals surface area contributed by atoms with Gasteiger partial charge < -0.3 is 10.0 Å². The smallest absolute Gasteiger partial charge is 0.177 e. The fraction of sp³-hybridized carbons (Fsp3) is 0.120. The van der Waals surface area contributed by atoms with Crippen LogP contribution in [-0.4, -0.2) is 21.4 Å². The highest BCUT2D eigenvalue weighted by Gasteiger charge is 2.54. The summed E-state index contributed by atoms with van der Waals surface area (Å²) >= 11 is 1.57. The van der Waals surface area contributed by atoms with Crippen molar-refractivity contribution in [3.05, 3.63) is 108 Å². The molecule has 0 fully saturated rings. The third kappa shape index (κ3) is 2.83. The molecule has 5 nitrogen and oxygen atoms in total. The first-order chi connectivity index (χ1) is 15.3. The number of thioether (sulfide) groups is 1. The van der Waals surface area contributed by atoms with E-state index in [0.717, 1.165) is 38.3 Å². The molecular weight excluding hydrogens is 404 g/mol. The molecule has 0 bridgehead atoms. The van der Waals surface area contributed by atoms with E-state index in [1.807, 2.05) is 65.7 Å². The zero-order valence-corrected chi connectivity index (χ0v) is 17.5. The van der Waals surface area contributed by atoms with Crippen LogP contribution in [0, 0.1) is 0 Å². The van der Waals surface area contributed by atoms with E-state index in [4.69, 9.17) is 0 Å². The number of hydrogen-bond acceptors (Lipinski definition) is 6. The molecule has 0 saturated heterocycles. The predicted octanol–water partition coefficient (Wildman–Crippen LogP) is 4.42. The third-order valence-corrected chi connectivity index (χ3v) is 7.30. The maximum atomic E-state index is 11.6. The number of hydrazone groups is 1. The summed E-state index contributed by atoms with van der Waals surface area (Å²) in [4.78, 5) is 5.89. The Morgan fingerprint density at radius 2 is 1.74 bits per heavy atom. The third-order valence-electron chi connectivity index (χ3n) is 5.93. The van der Waals surface area contributed by atoms with Crippen LogP contribution in [0.5, 0.6) is 0 Å². The lowest BCUT2D eigenvalue weighted by molar-refractivity contribution is 0.119. The first-order valence-corrected chi connectivity index (χ1v) is 11.0. The van der Waals surface area contributed by atoms with Gasteiger partial charge in [0.1, 0.15) is 5.04 Å². The van der Waals surface area contributed by atoms with Crippen molar-refractivity contribution in [3.63, 3.8) is 0 Å². The van der Waals surface area contributed by atoms with E-state index in [2.05, 4.69) is 45.8 Å². The zero-order chi connectivity index (χ0) is 20.8. The molecule has 2 aliphatic rings. The average Bonchev–Trinajstić information content (AvgIpc) is 3.37. The second-order valence-electron chi connectivity index (χ2n) is 7.74. The molecule has 152 valence electrons. The van der Waals surface area contributed by atoms with E-state index in [1.165, 1.54) is 0 Å². The molecule has 2 unspecified atom stereocenters. The summed E-state index contributed by atoms with van der Waals surface area (Å²) in [6, 6.07) is 28.4. The molecule has 0 radical (unpaired) electrons. The number of aromatic nitrogens is 1. The van der Waals surface area contributed by atoms with Crippen molar-refractivity contribution in [1.82, 2.24) is 10.4 Å². The lowest BCUT2D eigenvalue weighted by atomic mass is 10.1. The maximum absolute atomic E-state index is 11.6. The Morgan fingerprint density at radius 1 is 0.935 bits per heavy atom. The fourth-order valence-electron chi connectivity index (χ4n) is 4.44. The number of fused-ring (bicyclic) bond motifs is 3. The molecular formula is C25H20N4OS. The largest absolute Gasteiger partial charge is 0.370 e. The van der Waals surface area contributed by atoms with Gasteiger partial charge in [-0.05, 0) is 17.7 Å². The number of pyridine rings is 1. The number of nitrogens with zero attached hydrogens (tertiary/aromatic N) is 3. The first-order valence-electron chi connectivity index (χ1n) is 10.2. The molecule has 3 heterocycles. The van der Waals surface area contributed by atoms with Crippen molar-refractivity contribution in [2.45, 2.75) is 17.6 Å². The van der Waals surface area contributed by atoms with Crippen molar-refractivity contribution in [1.29, 1.82) is 0 Å². The number of benzene rings is 3. The number of para-hydroxylation sites is 2. The van der Waals surface area contributed by atoms with Gasteiger partial charge in [-0.2, -0.15) is 5.10 Å². The number of aliphatic hydroxyl groups excluding tert-OH is 1. The van der Waals surface area contributed by atoms with Crippen LogP contribution in [0.2, 0.25) is 0 Å². The second-order valence-corrected chi connectivity index (χ2v) is 8.98. The number of nitrogens with one attached hydrogen (secondary N) is 1. The fourth-order valence-corrected chi connectivity index (χ4v) is 5.70. The van der Waals surface area contributed by atoms with E-state index in [1.54, 1.807) is 11.8 Å². The zero-order valence-electron chi connectivity index (χ0n) is 16.6. The van der Waals surface area contributed by atoms with Crippen LogP contribution in [-0.2, 0) is 11.4 Å². The Kier molecular flexibility index (Phi) is 4.23. The minimum absolute atomic E-state index is 0.553. The van der Waals surface area contributed by atoms with Gasteiger partial charge in [-0.25, -0.2) is 0 Å². The Bertz CT molecular complexity index is 1300. The summed E-state index contributed by atoms with van der Waals surface area (Å²) in [5.41, 5.74) is 8.41. The van der Waals surface area contributed by atoms with Crippen LogP contribution in [0.25, 0.3) is 10.9 Å². The number of hydrogen-bond donors (Lipinski definition) is 2. The van der Waals surface area contributed by atoms with E-state index in [0.29, 0.717) is 6.54 Å². The number of aliphatic hydroxyl groups is 1. The Hall–Kier alpha value is -3.35. The highest BCUT2D eigenvalue weighted by molar-refractivity contribution is 8.15. The van der Waals surface area contributed by atoms with Gasteiger partial charge in [0.25, 0.3) is 0 Å². The van der Waals surface area contributed by atoms with Gasteiger partial charge in [-0.1, -0.05) is 84.6 Å². The highest BCUT2D eigenvalue weighted by atomic mass is 32.2. The molecule has 0 amide bonds. The van der Waals surface area contributed by atoms with Crippen LogP contribution < -0.4 is 10.3 Å². The molecule has 6 rings (SSSR count). The van der Waals surface area contributed by atoms with Crippen LogP contribution in [0.4, 0.5) is 5.69 Å². The average molecular weight is 425 g/mol. The van der Waals surface area contributed by atoms with Crippen LogP contribution in [0.15, 0.2) is 96.2 Å². The SMILES string of the molecule is OC1N(Cc2cccc3cccnc23)c2ccccc2C12NN=C(c1ccccc1)S2. The summed E-state index contributed by atoms with van der Waals surface area (Å²) < 4.78 is 0. The Morgan fingerprint density at radius 3 is 2.65 bits per heavy atom. The van der Waals surface area contributed by atoms with Gasteiger partial charge in [0.2, 0.25) is 0 Å². The predicted molar refractivity (Wildman–Crippen MR) is 126 cm³/mol. The molecule has 0 saturated carbocycles. The molecule has 2 atom stereocenters. The van der Waals surface area contributed by atoms with Gasteiger partial charge in [0, 0.05) is 34.9 Å². The Balaban J connectivity index is 1.39.